The van der Waals surface area contributed by atoms with Crippen LogP contribution in [0.15, 0.2) is 12.2 Å². The van der Waals surface area contributed by atoms with Gasteiger partial charge in [0.1, 0.15) is 0 Å². The Hall–Kier alpha value is -0.790. The fourth-order valence-corrected chi connectivity index (χ4v) is 0.651. The topological polar surface area (TPSA) is 29.1 Å². The molecular formula is C8H15NO. The number of allylic oxidation sites excluding steroid dienone is 2. The minimum absolute atomic E-state index is 0.0560. The molecular weight excluding hydrogens is 126 g/mol. The van der Waals surface area contributed by atoms with Crippen molar-refractivity contribution in [1.29, 1.82) is 0 Å². The summed E-state index contributed by atoms with van der Waals surface area (Å²) in [6, 6.07) is 0. The number of amides is 1. The molecule has 0 saturated carbocycles. The number of nitrogens with one attached hydrogen (secondary N) is 1. The third-order valence-corrected chi connectivity index (χ3v) is 1.16. The Kier molecular flexibility index (Phi) is 5.83. The van der Waals surface area contributed by atoms with Crippen LogP contribution >= 0.6 is 0 Å². The minimum atomic E-state index is 0.0560. The molecule has 1 N–H and O–H groups in total. The van der Waals surface area contributed by atoms with Crippen molar-refractivity contribution in [1.82, 2.24) is 5.32 Å². The van der Waals surface area contributed by atoms with Gasteiger partial charge in [0.15, 0.2) is 0 Å². The van der Waals surface area contributed by atoms with Crippen LogP contribution in [0, 0.1) is 0 Å². The highest BCUT2D eigenvalue weighted by Gasteiger charge is 1.87. The number of hydrogen-bond acceptors (Lipinski definition) is 1. The van der Waals surface area contributed by atoms with Crippen molar-refractivity contribution >= 4 is 5.91 Å². The molecule has 1 amide bonds. The maximum Gasteiger partial charge on any atom is 0.216 e. The lowest BCUT2D eigenvalue weighted by molar-refractivity contribution is -0.118. The van der Waals surface area contributed by atoms with Gasteiger partial charge in [0, 0.05) is 13.5 Å². The molecule has 0 rings (SSSR count). The molecule has 2 nitrogen and oxygen atoms in total. The minimum Gasteiger partial charge on any atom is -0.356 e. The first-order valence-corrected chi connectivity index (χ1v) is 3.63. The zero-order valence-electron chi connectivity index (χ0n) is 6.68. The van der Waals surface area contributed by atoms with Crippen LogP contribution < -0.4 is 5.32 Å². The van der Waals surface area contributed by atoms with Crippen molar-refractivity contribution < 1.29 is 4.79 Å². The maximum atomic E-state index is 10.3. The summed E-state index contributed by atoms with van der Waals surface area (Å²) < 4.78 is 0. The molecule has 0 aromatic carbocycles. The summed E-state index contributed by atoms with van der Waals surface area (Å²) in [7, 11) is 0. The molecule has 0 aliphatic heterocycles. The van der Waals surface area contributed by atoms with E-state index in [1.54, 1.807) is 0 Å². The summed E-state index contributed by atoms with van der Waals surface area (Å²) in [5.74, 6) is 0.0560. The van der Waals surface area contributed by atoms with Crippen LogP contribution in [0.5, 0.6) is 0 Å². The van der Waals surface area contributed by atoms with E-state index in [1.807, 2.05) is 13.0 Å². The molecule has 0 spiro atoms. The van der Waals surface area contributed by atoms with Crippen molar-refractivity contribution in [3.8, 4) is 0 Å². The molecule has 0 aromatic heterocycles. The standard InChI is InChI=1S/C8H15NO/c1-3-4-5-6-7-9-8(2)10/h3-4H,5-7H2,1-2H3,(H,9,10)/b4-3+. The second kappa shape index (κ2) is 6.33. The largest absolute Gasteiger partial charge is 0.356 e. The van der Waals surface area contributed by atoms with E-state index in [0.717, 1.165) is 19.4 Å². The maximum absolute atomic E-state index is 10.3. The summed E-state index contributed by atoms with van der Waals surface area (Å²) in [5, 5.41) is 2.73. The van der Waals surface area contributed by atoms with E-state index < -0.39 is 0 Å². The van der Waals surface area contributed by atoms with Crippen molar-refractivity contribution in [2.24, 2.45) is 0 Å². The average molecular weight is 141 g/mol. The fourth-order valence-electron chi connectivity index (χ4n) is 0.651. The van der Waals surface area contributed by atoms with E-state index in [4.69, 9.17) is 0 Å². The molecule has 0 unspecified atom stereocenters. The van der Waals surface area contributed by atoms with Gasteiger partial charge in [0.2, 0.25) is 5.91 Å². The quantitative estimate of drug-likeness (QED) is 0.466. The summed E-state index contributed by atoms with van der Waals surface area (Å²) in [6.45, 7) is 4.33. The van der Waals surface area contributed by atoms with E-state index in [2.05, 4.69) is 11.4 Å². The van der Waals surface area contributed by atoms with Gasteiger partial charge in [-0.3, -0.25) is 4.79 Å². The van der Waals surface area contributed by atoms with E-state index in [-0.39, 0.29) is 5.91 Å². The monoisotopic (exact) mass is 141 g/mol. The molecule has 0 saturated heterocycles. The second-order valence-corrected chi connectivity index (χ2v) is 2.19. The number of carbonyl (C=O) groups excluding carboxylic acids is 1. The summed E-state index contributed by atoms with van der Waals surface area (Å²) in [5.41, 5.74) is 0. The summed E-state index contributed by atoms with van der Waals surface area (Å²) >= 11 is 0. The Morgan fingerprint density at radius 2 is 2.30 bits per heavy atom. The molecule has 0 heterocycles. The molecule has 0 aromatic rings. The Labute approximate surface area is 62.3 Å². The highest BCUT2D eigenvalue weighted by molar-refractivity contribution is 5.72. The fraction of sp³-hybridized carbons (Fsp3) is 0.625. The van der Waals surface area contributed by atoms with Crippen molar-refractivity contribution in [2.45, 2.75) is 26.7 Å². The van der Waals surface area contributed by atoms with E-state index in [9.17, 15) is 4.79 Å². The third-order valence-electron chi connectivity index (χ3n) is 1.16. The average Bonchev–Trinajstić information content (AvgIpc) is 1.87. The zero-order valence-corrected chi connectivity index (χ0v) is 6.68. The van der Waals surface area contributed by atoms with E-state index >= 15 is 0 Å². The first kappa shape index (κ1) is 9.21. The molecule has 58 valence electrons. The first-order chi connectivity index (χ1) is 4.77. The Bertz CT molecular complexity index is 118. The number of unbranched alkanes of at least 4 members (excludes halogenated alkanes) is 1. The highest BCUT2D eigenvalue weighted by Crippen LogP contribution is 1.87. The molecule has 10 heavy (non-hydrogen) atoms. The molecule has 0 fully saturated rings. The lowest BCUT2D eigenvalue weighted by atomic mass is 10.3. The van der Waals surface area contributed by atoms with Crippen molar-refractivity contribution in [2.75, 3.05) is 6.54 Å². The van der Waals surface area contributed by atoms with Gasteiger partial charge >= 0.3 is 0 Å². The zero-order chi connectivity index (χ0) is 7.82. The Balaban J connectivity index is 2.98. The van der Waals surface area contributed by atoms with Gasteiger partial charge in [0.25, 0.3) is 0 Å². The van der Waals surface area contributed by atoms with E-state index in [1.165, 1.54) is 6.92 Å². The van der Waals surface area contributed by atoms with Crippen molar-refractivity contribution in [3.05, 3.63) is 12.2 Å². The normalized spacial score (nSPS) is 10.2. The second-order valence-electron chi connectivity index (χ2n) is 2.19. The molecule has 0 aliphatic rings. The number of rotatable bonds is 4. The smallest absolute Gasteiger partial charge is 0.216 e. The van der Waals surface area contributed by atoms with Gasteiger partial charge < -0.3 is 5.32 Å². The lowest BCUT2D eigenvalue weighted by Gasteiger charge is -1.97. The predicted molar refractivity (Wildman–Crippen MR) is 42.7 cm³/mol. The van der Waals surface area contributed by atoms with Gasteiger partial charge in [-0.15, -0.1) is 0 Å². The van der Waals surface area contributed by atoms with Crippen LogP contribution in [0.4, 0.5) is 0 Å². The van der Waals surface area contributed by atoms with Crippen LogP contribution in [0.2, 0.25) is 0 Å². The van der Waals surface area contributed by atoms with Crippen LogP contribution in [0.1, 0.15) is 26.7 Å². The number of carbonyl (C=O) groups is 1. The van der Waals surface area contributed by atoms with Crippen molar-refractivity contribution in [3.63, 3.8) is 0 Å². The Morgan fingerprint density at radius 1 is 1.60 bits per heavy atom. The van der Waals surface area contributed by atoms with E-state index in [0.29, 0.717) is 0 Å². The van der Waals surface area contributed by atoms with Gasteiger partial charge in [-0.2, -0.15) is 0 Å². The first-order valence-electron chi connectivity index (χ1n) is 3.63. The van der Waals surface area contributed by atoms with Crippen LogP contribution in [-0.2, 0) is 4.79 Å². The van der Waals surface area contributed by atoms with Crippen LogP contribution in [0.3, 0.4) is 0 Å². The van der Waals surface area contributed by atoms with Gasteiger partial charge in [-0.25, -0.2) is 0 Å². The molecule has 2 heteroatoms. The van der Waals surface area contributed by atoms with Gasteiger partial charge in [-0.05, 0) is 19.8 Å². The number of hydrogen-bond donors (Lipinski definition) is 1. The lowest BCUT2D eigenvalue weighted by Crippen LogP contribution is -2.20. The predicted octanol–water partition coefficient (Wildman–Crippen LogP) is 1.48. The van der Waals surface area contributed by atoms with Crippen LogP contribution in [0.25, 0.3) is 0 Å². The highest BCUT2D eigenvalue weighted by atomic mass is 16.1. The van der Waals surface area contributed by atoms with Gasteiger partial charge in [0.05, 0.1) is 0 Å². The summed E-state index contributed by atoms with van der Waals surface area (Å²) in [4.78, 5) is 10.3. The molecule has 0 radical (unpaired) electrons. The SMILES string of the molecule is C/C=C/CCCNC(C)=O. The summed E-state index contributed by atoms with van der Waals surface area (Å²) in [6.07, 6.45) is 6.20. The Morgan fingerprint density at radius 3 is 2.80 bits per heavy atom. The molecule has 0 atom stereocenters. The molecule has 0 bridgehead atoms. The van der Waals surface area contributed by atoms with Gasteiger partial charge in [-0.1, -0.05) is 12.2 Å². The molecule has 0 aliphatic carbocycles. The van der Waals surface area contributed by atoms with Crippen LogP contribution in [-0.4, -0.2) is 12.5 Å². The third kappa shape index (κ3) is 7.21.